The molecule has 2 heterocycles. The van der Waals surface area contributed by atoms with E-state index in [9.17, 15) is 4.79 Å². The molecule has 0 bridgehead atoms. The SMILES string of the molecule is Cc1ccc(OCc2nc(C3CCN(C(=O)Nc4cccc(C)c4)CC3)no2)cc1. The van der Waals surface area contributed by atoms with E-state index in [4.69, 9.17) is 9.26 Å². The number of anilines is 1. The van der Waals surface area contributed by atoms with Crippen LogP contribution in [-0.2, 0) is 6.61 Å². The van der Waals surface area contributed by atoms with Gasteiger partial charge in [0.1, 0.15) is 5.75 Å². The summed E-state index contributed by atoms with van der Waals surface area (Å²) in [5.41, 5.74) is 3.12. The van der Waals surface area contributed by atoms with E-state index in [1.165, 1.54) is 5.56 Å². The molecule has 1 aliphatic heterocycles. The van der Waals surface area contributed by atoms with E-state index in [0.717, 1.165) is 29.8 Å². The van der Waals surface area contributed by atoms with Gasteiger partial charge in [0.2, 0.25) is 0 Å². The number of benzene rings is 2. The van der Waals surface area contributed by atoms with E-state index in [2.05, 4.69) is 15.5 Å². The van der Waals surface area contributed by atoms with E-state index in [0.29, 0.717) is 24.8 Å². The molecule has 0 spiro atoms. The Bertz CT molecular complexity index is 992. The lowest BCUT2D eigenvalue weighted by Gasteiger charge is -2.30. The number of aromatic nitrogens is 2. The highest BCUT2D eigenvalue weighted by atomic mass is 16.5. The van der Waals surface area contributed by atoms with Crippen molar-refractivity contribution < 1.29 is 14.1 Å². The Labute approximate surface area is 176 Å². The molecular weight excluding hydrogens is 380 g/mol. The van der Waals surface area contributed by atoms with Gasteiger partial charge in [0.15, 0.2) is 12.4 Å². The fourth-order valence-electron chi connectivity index (χ4n) is 3.54. The van der Waals surface area contributed by atoms with Gasteiger partial charge in [-0.15, -0.1) is 0 Å². The van der Waals surface area contributed by atoms with E-state index in [1.807, 2.05) is 67.3 Å². The highest BCUT2D eigenvalue weighted by Gasteiger charge is 2.27. The maximum absolute atomic E-state index is 12.5. The van der Waals surface area contributed by atoms with Crippen LogP contribution >= 0.6 is 0 Å². The second-order valence-electron chi connectivity index (χ2n) is 7.71. The molecule has 0 unspecified atom stereocenters. The minimum atomic E-state index is -0.0700. The maximum Gasteiger partial charge on any atom is 0.321 e. The molecule has 2 amide bonds. The third-order valence-electron chi connectivity index (χ3n) is 5.28. The van der Waals surface area contributed by atoms with Gasteiger partial charge >= 0.3 is 6.03 Å². The summed E-state index contributed by atoms with van der Waals surface area (Å²) in [4.78, 5) is 18.8. The average molecular weight is 406 g/mol. The summed E-state index contributed by atoms with van der Waals surface area (Å²) >= 11 is 0. The summed E-state index contributed by atoms with van der Waals surface area (Å²) < 4.78 is 11.1. The first-order valence-corrected chi connectivity index (χ1v) is 10.2. The zero-order valence-corrected chi connectivity index (χ0v) is 17.3. The van der Waals surface area contributed by atoms with Gasteiger partial charge in [-0.05, 0) is 56.5 Å². The van der Waals surface area contributed by atoms with Crippen LogP contribution in [0.15, 0.2) is 53.1 Å². The molecule has 156 valence electrons. The molecule has 2 aromatic carbocycles. The number of nitrogens with zero attached hydrogens (tertiary/aromatic N) is 3. The summed E-state index contributed by atoms with van der Waals surface area (Å²) in [6, 6.07) is 15.6. The van der Waals surface area contributed by atoms with Crippen molar-refractivity contribution in [2.24, 2.45) is 0 Å². The predicted octanol–water partition coefficient (Wildman–Crippen LogP) is 4.68. The van der Waals surface area contributed by atoms with Crippen molar-refractivity contribution in [2.75, 3.05) is 18.4 Å². The van der Waals surface area contributed by atoms with Gasteiger partial charge < -0.3 is 19.5 Å². The fourth-order valence-corrected chi connectivity index (χ4v) is 3.54. The molecule has 7 nitrogen and oxygen atoms in total. The van der Waals surface area contributed by atoms with Crippen LogP contribution in [0.25, 0.3) is 0 Å². The minimum Gasteiger partial charge on any atom is -0.484 e. The summed E-state index contributed by atoms with van der Waals surface area (Å²) in [6.45, 7) is 5.60. The van der Waals surface area contributed by atoms with Crippen LogP contribution in [0, 0.1) is 13.8 Å². The maximum atomic E-state index is 12.5. The summed E-state index contributed by atoms with van der Waals surface area (Å²) in [5.74, 6) is 2.11. The van der Waals surface area contributed by atoms with Crippen LogP contribution in [0.1, 0.15) is 41.6 Å². The van der Waals surface area contributed by atoms with Crippen molar-refractivity contribution in [1.82, 2.24) is 15.0 Å². The predicted molar refractivity (Wildman–Crippen MR) is 114 cm³/mol. The van der Waals surface area contributed by atoms with Crippen LogP contribution in [0.4, 0.5) is 10.5 Å². The second-order valence-corrected chi connectivity index (χ2v) is 7.71. The lowest BCUT2D eigenvalue weighted by atomic mass is 9.96. The largest absolute Gasteiger partial charge is 0.484 e. The summed E-state index contributed by atoms with van der Waals surface area (Å²) in [7, 11) is 0. The molecule has 0 radical (unpaired) electrons. The number of carbonyl (C=O) groups is 1. The van der Waals surface area contributed by atoms with Gasteiger partial charge in [0.05, 0.1) is 0 Å². The minimum absolute atomic E-state index is 0.0700. The van der Waals surface area contributed by atoms with Gasteiger partial charge in [0, 0.05) is 24.7 Å². The van der Waals surface area contributed by atoms with E-state index in [1.54, 1.807) is 0 Å². The number of ether oxygens (including phenoxy) is 1. The molecule has 1 N–H and O–H groups in total. The number of carbonyl (C=O) groups excluding carboxylic acids is 1. The van der Waals surface area contributed by atoms with E-state index in [-0.39, 0.29) is 18.6 Å². The van der Waals surface area contributed by atoms with Crippen LogP contribution in [-0.4, -0.2) is 34.2 Å². The Morgan fingerprint density at radius 1 is 1.13 bits per heavy atom. The zero-order valence-electron chi connectivity index (χ0n) is 17.3. The highest BCUT2D eigenvalue weighted by Crippen LogP contribution is 2.26. The molecule has 30 heavy (non-hydrogen) atoms. The van der Waals surface area contributed by atoms with Crippen LogP contribution in [0.3, 0.4) is 0 Å². The number of rotatable bonds is 5. The van der Waals surface area contributed by atoms with Crippen molar-refractivity contribution in [2.45, 2.75) is 39.2 Å². The fraction of sp³-hybridized carbons (Fsp3) is 0.348. The Balaban J connectivity index is 1.27. The molecule has 4 rings (SSSR count). The lowest BCUT2D eigenvalue weighted by Crippen LogP contribution is -2.40. The summed E-state index contributed by atoms with van der Waals surface area (Å²) in [5, 5.41) is 7.10. The van der Waals surface area contributed by atoms with Crippen molar-refractivity contribution in [1.29, 1.82) is 0 Å². The van der Waals surface area contributed by atoms with Crippen LogP contribution in [0.2, 0.25) is 0 Å². The van der Waals surface area contributed by atoms with Crippen molar-refractivity contribution >= 4 is 11.7 Å². The van der Waals surface area contributed by atoms with E-state index >= 15 is 0 Å². The Hall–Kier alpha value is -3.35. The average Bonchev–Trinajstić information content (AvgIpc) is 3.22. The third-order valence-corrected chi connectivity index (χ3v) is 5.28. The molecule has 1 fully saturated rings. The molecule has 0 aliphatic carbocycles. The number of aryl methyl sites for hydroxylation is 2. The molecule has 1 aromatic heterocycles. The first-order chi connectivity index (χ1) is 14.6. The first kappa shape index (κ1) is 19.9. The number of hydrogen-bond acceptors (Lipinski definition) is 5. The van der Waals surface area contributed by atoms with Crippen molar-refractivity contribution in [3.05, 3.63) is 71.4 Å². The van der Waals surface area contributed by atoms with Crippen LogP contribution < -0.4 is 10.1 Å². The smallest absolute Gasteiger partial charge is 0.321 e. The Kier molecular flexibility index (Phi) is 5.97. The molecule has 1 saturated heterocycles. The van der Waals surface area contributed by atoms with Crippen LogP contribution in [0.5, 0.6) is 5.75 Å². The van der Waals surface area contributed by atoms with Gasteiger partial charge in [-0.2, -0.15) is 4.98 Å². The number of nitrogens with one attached hydrogen (secondary N) is 1. The Morgan fingerprint density at radius 2 is 1.90 bits per heavy atom. The standard InChI is InChI=1S/C23H26N4O3/c1-16-6-8-20(9-7-16)29-15-21-25-22(26-30-21)18-10-12-27(13-11-18)23(28)24-19-5-3-4-17(2)14-19/h3-9,14,18H,10-13,15H2,1-2H3,(H,24,28). The van der Waals surface area contributed by atoms with Gasteiger partial charge in [-0.1, -0.05) is 35.0 Å². The number of amides is 2. The number of likely N-dealkylation sites (tertiary alicyclic amines) is 1. The first-order valence-electron chi connectivity index (χ1n) is 10.2. The summed E-state index contributed by atoms with van der Waals surface area (Å²) in [6.07, 6.45) is 1.61. The topological polar surface area (TPSA) is 80.5 Å². The monoisotopic (exact) mass is 406 g/mol. The molecule has 3 aromatic rings. The Morgan fingerprint density at radius 3 is 2.63 bits per heavy atom. The molecular formula is C23H26N4O3. The quantitative estimate of drug-likeness (QED) is 0.666. The number of piperidine rings is 1. The lowest BCUT2D eigenvalue weighted by molar-refractivity contribution is 0.193. The number of hydrogen-bond donors (Lipinski definition) is 1. The number of urea groups is 1. The normalized spacial score (nSPS) is 14.5. The van der Waals surface area contributed by atoms with E-state index < -0.39 is 0 Å². The molecule has 7 heteroatoms. The van der Waals surface area contributed by atoms with Gasteiger partial charge in [-0.25, -0.2) is 4.79 Å². The third kappa shape index (κ3) is 4.97. The molecule has 1 aliphatic rings. The van der Waals surface area contributed by atoms with Gasteiger partial charge in [-0.3, -0.25) is 0 Å². The molecule has 0 saturated carbocycles. The van der Waals surface area contributed by atoms with Crippen molar-refractivity contribution in [3.8, 4) is 5.75 Å². The highest BCUT2D eigenvalue weighted by molar-refractivity contribution is 5.89. The molecule has 0 atom stereocenters. The van der Waals surface area contributed by atoms with Crippen molar-refractivity contribution in [3.63, 3.8) is 0 Å². The second kappa shape index (κ2) is 8.98. The zero-order chi connectivity index (χ0) is 20.9. The van der Waals surface area contributed by atoms with Gasteiger partial charge in [0.25, 0.3) is 5.89 Å².